The fraction of sp³-hybridized carbons (Fsp3) is 0.440. The first-order chi connectivity index (χ1) is 30.9. The lowest BCUT2D eigenvalue weighted by Crippen LogP contribution is -2.66. The van der Waals surface area contributed by atoms with Crippen LogP contribution in [0.3, 0.4) is 0 Å². The minimum atomic E-state index is -1.99. The second-order valence-corrected chi connectivity index (χ2v) is 16.4. The van der Waals surface area contributed by atoms with Crippen molar-refractivity contribution in [2.45, 2.75) is 103 Å². The third kappa shape index (κ3) is 11.7. The first-order valence-electron chi connectivity index (χ1n) is 21.7. The Morgan fingerprint density at radius 3 is 1.88 bits per heavy atom. The van der Waals surface area contributed by atoms with Crippen LogP contribution in [0.2, 0.25) is 0 Å². The van der Waals surface area contributed by atoms with Crippen LogP contribution in [0.15, 0.2) is 115 Å². The van der Waals surface area contributed by atoms with Gasteiger partial charge in [0.05, 0.1) is 50.7 Å². The highest BCUT2D eigenvalue weighted by Crippen LogP contribution is 2.41. The molecule has 342 valence electrons. The van der Waals surface area contributed by atoms with Gasteiger partial charge in [0.1, 0.15) is 23.7 Å². The summed E-state index contributed by atoms with van der Waals surface area (Å²) in [6, 6.07) is 32.4. The molecule has 4 aromatic carbocycles. The molecular weight excluding hydrogens is 823 g/mol. The smallest absolute Gasteiger partial charge is 0.366 e. The molecule has 6 rings (SSSR count). The number of methoxy groups -OCH3 is 2. The van der Waals surface area contributed by atoms with E-state index < -0.39 is 73.2 Å². The second kappa shape index (κ2) is 22.2. The predicted molar refractivity (Wildman–Crippen MR) is 234 cm³/mol. The minimum Gasteiger partial charge on any atom is -0.497 e. The van der Waals surface area contributed by atoms with Gasteiger partial charge in [0.15, 0.2) is 12.2 Å². The van der Waals surface area contributed by atoms with Gasteiger partial charge in [-0.15, -0.1) is 0 Å². The van der Waals surface area contributed by atoms with Gasteiger partial charge < -0.3 is 47.9 Å². The van der Waals surface area contributed by atoms with E-state index in [0.29, 0.717) is 11.5 Å². The predicted octanol–water partition coefficient (Wildman–Crippen LogP) is 7.33. The Kier molecular flexibility index (Phi) is 16.5. The van der Waals surface area contributed by atoms with E-state index in [1.807, 2.05) is 44.2 Å². The zero-order chi connectivity index (χ0) is 45.8. The lowest BCUT2D eigenvalue weighted by atomic mass is 9.77. The number of carbonyl (C=O) groups is 4. The fourth-order valence-electron chi connectivity index (χ4n) is 8.11. The normalized spacial score (nSPS) is 26.4. The van der Waals surface area contributed by atoms with Crippen molar-refractivity contribution >= 4 is 23.8 Å². The molecule has 0 saturated carbocycles. The molecule has 0 aromatic heterocycles. The third-order valence-corrected chi connectivity index (χ3v) is 12.0. The molecule has 0 aliphatic carbocycles. The highest BCUT2D eigenvalue weighted by molar-refractivity contribution is 5.90. The average molecular weight is 882 g/mol. The molecule has 64 heavy (non-hydrogen) atoms. The fourth-order valence-corrected chi connectivity index (χ4v) is 8.11. The SMILES string of the molecule is CC[C@@H](C)[C@@H](C)C1OC(OCC2OC(Oc3ccc(OC)cc3)C(OC(=O)c3ccccc3)C(OCc3ccccc3)C2OC(=O)c2ccccc2)(C(=O)OC)CC(C)C1NC(C)=O. The summed E-state index contributed by atoms with van der Waals surface area (Å²) < 4.78 is 56.7. The van der Waals surface area contributed by atoms with Crippen molar-refractivity contribution in [2.75, 3.05) is 20.8 Å². The van der Waals surface area contributed by atoms with Gasteiger partial charge in [-0.1, -0.05) is 101 Å². The van der Waals surface area contributed by atoms with E-state index in [9.17, 15) is 19.2 Å². The Morgan fingerprint density at radius 1 is 0.766 bits per heavy atom. The number of nitrogens with one attached hydrogen (secondary N) is 1. The Morgan fingerprint density at radius 2 is 1.33 bits per heavy atom. The van der Waals surface area contributed by atoms with Gasteiger partial charge in [-0.2, -0.15) is 0 Å². The van der Waals surface area contributed by atoms with E-state index in [-0.39, 0.29) is 47.8 Å². The van der Waals surface area contributed by atoms with Crippen molar-refractivity contribution in [2.24, 2.45) is 17.8 Å². The van der Waals surface area contributed by atoms with Gasteiger partial charge in [-0.3, -0.25) is 4.79 Å². The van der Waals surface area contributed by atoms with Crippen LogP contribution < -0.4 is 14.8 Å². The number of ether oxygens (including phenoxy) is 9. The van der Waals surface area contributed by atoms with Gasteiger partial charge in [0, 0.05) is 13.3 Å². The Bertz CT molecular complexity index is 2120. The summed E-state index contributed by atoms with van der Waals surface area (Å²) in [5.74, 6) is -3.89. The maximum absolute atomic E-state index is 14.1. The summed E-state index contributed by atoms with van der Waals surface area (Å²) in [5.41, 5.74) is 1.26. The van der Waals surface area contributed by atoms with Crippen LogP contribution in [0.5, 0.6) is 11.5 Å². The van der Waals surface area contributed by atoms with Crippen molar-refractivity contribution in [3.8, 4) is 11.5 Å². The zero-order valence-electron chi connectivity index (χ0n) is 37.4. The van der Waals surface area contributed by atoms with Crippen molar-refractivity contribution in [1.82, 2.24) is 5.32 Å². The van der Waals surface area contributed by atoms with E-state index in [4.69, 9.17) is 42.6 Å². The molecule has 1 amide bonds. The van der Waals surface area contributed by atoms with Gasteiger partial charge >= 0.3 is 17.9 Å². The highest BCUT2D eigenvalue weighted by Gasteiger charge is 2.57. The summed E-state index contributed by atoms with van der Waals surface area (Å²) in [6.07, 6.45) is -6.47. The van der Waals surface area contributed by atoms with Crippen molar-refractivity contribution in [3.05, 3.63) is 132 Å². The third-order valence-electron chi connectivity index (χ3n) is 12.0. The van der Waals surface area contributed by atoms with E-state index in [2.05, 4.69) is 19.2 Å². The Hall–Kier alpha value is -5.80. The molecule has 0 spiro atoms. The van der Waals surface area contributed by atoms with Gasteiger partial charge in [-0.25, -0.2) is 14.4 Å². The van der Waals surface area contributed by atoms with Crippen LogP contribution in [-0.4, -0.2) is 93.3 Å². The maximum Gasteiger partial charge on any atom is 0.366 e. The molecule has 9 unspecified atom stereocenters. The zero-order valence-corrected chi connectivity index (χ0v) is 37.4. The van der Waals surface area contributed by atoms with Crippen LogP contribution in [0.1, 0.15) is 73.7 Å². The Balaban J connectivity index is 1.44. The summed E-state index contributed by atoms with van der Waals surface area (Å²) in [6.45, 7) is 9.09. The number of rotatable bonds is 18. The number of benzene rings is 4. The molecule has 2 aliphatic rings. The number of carbonyl (C=O) groups excluding carboxylic acids is 4. The molecule has 0 bridgehead atoms. The highest BCUT2D eigenvalue weighted by atomic mass is 16.8. The number of hydrogen-bond acceptors (Lipinski definition) is 13. The maximum atomic E-state index is 14.1. The molecular formula is C50H59NO13. The summed E-state index contributed by atoms with van der Waals surface area (Å²) >= 11 is 0. The van der Waals surface area contributed by atoms with E-state index >= 15 is 0 Å². The second-order valence-electron chi connectivity index (χ2n) is 16.4. The number of esters is 3. The van der Waals surface area contributed by atoms with Gasteiger partial charge in [0.2, 0.25) is 12.2 Å². The molecule has 0 radical (unpaired) electrons. The Labute approximate surface area is 374 Å². The van der Waals surface area contributed by atoms with Crippen molar-refractivity contribution in [1.29, 1.82) is 0 Å². The molecule has 2 aliphatic heterocycles. The first kappa shape index (κ1) is 47.7. The number of amides is 1. The molecule has 14 heteroatoms. The van der Waals surface area contributed by atoms with Gasteiger partial charge in [-0.05, 0) is 71.8 Å². The molecule has 2 fully saturated rings. The largest absolute Gasteiger partial charge is 0.497 e. The van der Waals surface area contributed by atoms with E-state index in [0.717, 1.165) is 12.0 Å². The van der Waals surface area contributed by atoms with E-state index in [1.165, 1.54) is 14.0 Å². The molecule has 14 nitrogen and oxygen atoms in total. The number of hydrogen-bond donors (Lipinski definition) is 1. The summed E-state index contributed by atoms with van der Waals surface area (Å²) in [4.78, 5) is 54.7. The lowest BCUT2D eigenvalue weighted by molar-refractivity contribution is -0.327. The van der Waals surface area contributed by atoms with Crippen molar-refractivity contribution in [3.63, 3.8) is 0 Å². The topological polar surface area (TPSA) is 163 Å². The molecule has 4 aromatic rings. The first-order valence-corrected chi connectivity index (χ1v) is 21.7. The van der Waals surface area contributed by atoms with Crippen LogP contribution >= 0.6 is 0 Å². The van der Waals surface area contributed by atoms with Crippen LogP contribution in [-0.2, 0) is 49.4 Å². The summed E-state index contributed by atoms with van der Waals surface area (Å²) in [7, 11) is 2.79. The lowest BCUT2D eigenvalue weighted by Gasteiger charge is -2.49. The van der Waals surface area contributed by atoms with Gasteiger partial charge in [0.25, 0.3) is 5.79 Å². The quantitative estimate of drug-likeness (QED) is 0.0782. The molecule has 1 N–H and O–H groups in total. The van der Waals surface area contributed by atoms with E-state index in [1.54, 1.807) is 92.0 Å². The van der Waals surface area contributed by atoms with Crippen LogP contribution in [0.4, 0.5) is 0 Å². The molecule has 11 atom stereocenters. The summed E-state index contributed by atoms with van der Waals surface area (Å²) in [5, 5.41) is 3.05. The van der Waals surface area contributed by atoms with Crippen LogP contribution in [0.25, 0.3) is 0 Å². The molecule has 2 saturated heterocycles. The minimum absolute atomic E-state index is 0.000439. The average Bonchev–Trinajstić information content (AvgIpc) is 3.32. The molecule has 2 heterocycles. The van der Waals surface area contributed by atoms with Crippen LogP contribution in [0, 0.1) is 17.8 Å². The standard InChI is InChI=1S/C50H59NO13/c1-8-31(2)33(4)42-41(51-34(5)52)32(3)28-50(64-42,49(55)57-7)59-30-40-43(62-46(53)36-20-14-10-15-21-36)44(58-29-35-18-12-9-13-19-35)45(63-47(54)37-22-16-11-17-23-37)48(61-40)60-39-26-24-38(56-6)25-27-39/h9-27,31-33,40-45,48H,8,28-30H2,1-7H3,(H,51,52)/t31-,32?,33-,40?,41?,42?,43?,44?,45?,48?,50?/m1/s1. The van der Waals surface area contributed by atoms with Crippen molar-refractivity contribution < 1.29 is 61.8 Å². The monoisotopic (exact) mass is 881 g/mol.